The van der Waals surface area contributed by atoms with Gasteiger partial charge in [0.25, 0.3) is 0 Å². The molecular weight excluding hydrogens is 220 g/mol. The Morgan fingerprint density at radius 2 is 1.59 bits per heavy atom. The Balaban J connectivity index is 2.71. The SMILES string of the molecule is NCC1CCCCC1N(CC(N)=O)CC(N)=O. The van der Waals surface area contributed by atoms with Crippen LogP contribution >= 0.6 is 0 Å². The maximum Gasteiger partial charge on any atom is 0.231 e. The number of carbonyl (C=O) groups is 2. The molecule has 2 amide bonds. The molecule has 0 aliphatic heterocycles. The van der Waals surface area contributed by atoms with E-state index in [2.05, 4.69) is 0 Å². The lowest BCUT2D eigenvalue weighted by Gasteiger charge is -2.38. The molecule has 1 aliphatic rings. The second-order valence-corrected chi connectivity index (χ2v) is 4.69. The van der Waals surface area contributed by atoms with E-state index in [4.69, 9.17) is 17.2 Å². The van der Waals surface area contributed by atoms with Crippen molar-refractivity contribution in [2.75, 3.05) is 19.6 Å². The normalized spacial score (nSPS) is 24.8. The van der Waals surface area contributed by atoms with E-state index in [1.807, 2.05) is 0 Å². The third-order valence-electron chi connectivity index (χ3n) is 3.36. The summed E-state index contributed by atoms with van der Waals surface area (Å²) < 4.78 is 0. The maximum absolute atomic E-state index is 11.0. The van der Waals surface area contributed by atoms with E-state index < -0.39 is 11.8 Å². The molecule has 0 spiro atoms. The summed E-state index contributed by atoms with van der Waals surface area (Å²) in [6, 6.07) is 0.147. The molecule has 2 atom stereocenters. The van der Waals surface area contributed by atoms with E-state index in [9.17, 15) is 9.59 Å². The van der Waals surface area contributed by atoms with Crippen LogP contribution < -0.4 is 17.2 Å². The Labute approximate surface area is 101 Å². The summed E-state index contributed by atoms with van der Waals surface area (Å²) in [5.74, 6) is -0.553. The van der Waals surface area contributed by atoms with Crippen molar-refractivity contribution in [3.63, 3.8) is 0 Å². The number of hydrogen-bond acceptors (Lipinski definition) is 4. The highest BCUT2D eigenvalue weighted by Gasteiger charge is 2.30. The maximum atomic E-state index is 11.0. The topological polar surface area (TPSA) is 115 Å². The van der Waals surface area contributed by atoms with Gasteiger partial charge in [-0.1, -0.05) is 12.8 Å². The quantitative estimate of drug-likeness (QED) is 0.541. The zero-order chi connectivity index (χ0) is 12.8. The van der Waals surface area contributed by atoms with Crippen LogP contribution in [0.25, 0.3) is 0 Å². The van der Waals surface area contributed by atoms with Crippen molar-refractivity contribution in [1.82, 2.24) is 4.90 Å². The van der Waals surface area contributed by atoms with Crippen LogP contribution in [0.4, 0.5) is 0 Å². The van der Waals surface area contributed by atoms with E-state index in [-0.39, 0.29) is 19.1 Å². The molecule has 1 aliphatic carbocycles. The Morgan fingerprint density at radius 1 is 1.06 bits per heavy atom. The zero-order valence-electron chi connectivity index (χ0n) is 10.1. The van der Waals surface area contributed by atoms with Gasteiger partial charge >= 0.3 is 0 Å². The number of nitrogens with two attached hydrogens (primary N) is 3. The Kier molecular flexibility index (Phi) is 5.37. The summed E-state index contributed by atoms with van der Waals surface area (Å²) >= 11 is 0. The molecule has 6 heteroatoms. The molecule has 6 nitrogen and oxygen atoms in total. The molecule has 0 radical (unpaired) electrons. The summed E-state index contributed by atoms with van der Waals surface area (Å²) in [7, 11) is 0. The van der Waals surface area contributed by atoms with Crippen molar-refractivity contribution in [3.05, 3.63) is 0 Å². The average molecular weight is 242 g/mol. The van der Waals surface area contributed by atoms with Crippen LogP contribution in [0, 0.1) is 5.92 Å². The predicted octanol–water partition coefficient (Wildman–Crippen LogP) is -1.22. The highest BCUT2D eigenvalue weighted by Crippen LogP contribution is 2.27. The Morgan fingerprint density at radius 3 is 2.06 bits per heavy atom. The number of carbonyl (C=O) groups excluding carboxylic acids is 2. The van der Waals surface area contributed by atoms with Gasteiger partial charge in [0.15, 0.2) is 0 Å². The summed E-state index contributed by atoms with van der Waals surface area (Å²) in [6.07, 6.45) is 4.23. The lowest BCUT2D eigenvalue weighted by atomic mass is 9.83. The zero-order valence-corrected chi connectivity index (χ0v) is 10.1. The van der Waals surface area contributed by atoms with Gasteiger partial charge in [0.05, 0.1) is 13.1 Å². The third-order valence-corrected chi connectivity index (χ3v) is 3.36. The van der Waals surface area contributed by atoms with Gasteiger partial charge in [-0.25, -0.2) is 0 Å². The van der Waals surface area contributed by atoms with Crippen LogP contribution in [0.2, 0.25) is 0 Å². The Bertz CT molecular complexity index is 267. The lowest BCUT2D eigenvalue weighted by molar-refractivity contribution is -0.123. The van der Waals surface area contributed by atoms with Gasteiger partial charge in [-0.15, -0.1) is 0 Å². The first-order chi connectivity index (χ1) is 8.04. The lowest BCUT2D eigenvalue weighted by Crippen LogP contribution is -2.51. The van der Waals surface area contributed by atoms with Crippen molar-refractivity contribution in [3.8, 4) is 0 Å². The molecule has 2 unspecified atom stereocenters. The van der Waals surface area contributed by atoms with Gasteiger partial charge in [0.2, 0.25) is 11.8 Å². The molecule has 0 saturated heterocycles. The summed E-state index contributed by atoms with van der Waals surface area (Å²) in [5, 5.41) is 0. The van der Waals surface area contributed by atoms with Gasteiger partial charge in [-0.3, -0.25) is 14.5 Å². The fourth-order valence-electron chi connectivity index (χ4n) is 2.63. The largest absolute Gasteiger partial charge is 0.369 e. The van der Waals surface area contributed by atoms with Crippen molar-refractivity contribution in [1.29, 1.82) is 0 Å². The molecule has 17 heavy (non-hydrogen) atoms. The van der Waals surface area contributed by atoms with Gasteiger partial charge < -0.3 is 17.2 Å². The first-order valence-electron chi connectivity index (χ1n) is 6.05. The van der Waals surface area contributed by atoms with E-state index in [0.29, 0.717) is 12.5 Å². The second-order valence-electron chi connectivity index (χ2n) is 4.69. The van der Waals surface area contributed by atoms with E-state index in [0.717, 1.165) is 25.7 Å². The predicted molar refractivity (Wildman–Crippen MR) is 64.8 cm³/mol. The van der Waals surface area contributed by atoms with Gasteiger partial charge in [-0.05, 0) is 25.3 Å². The fourth-order valence-corrected chi connectivity index (χ4v) is 2.63. The van der Waals surface area contributed by atoms with Crippen molar-refractivity contribution >= 4 is 11.8 Å². The van der Waals surface area contributed by atoms with Gasteiger partial charge in [0.1, 0.15) is 0 Å². The van der Waals surface area contributed by atoms with Crippen molar-refractivity contribution in [2.24, 2.45) is 23.1 Å². The van der Waals surface area contributed by atoms with Crippen LogP contribution in [0.15, 0.2) is 0 Å². The van der Waals surface area contributed by atoms with E-state index >= 15 is 0 Å². The first kappa shape index (κ1) is 13.9. The molecule has 0 aromatic heterocycles. The van der Waals surface area contributed by atoms with Crippen molar-refractivity contribution < 1.29 is 9.59 Å². The van der Waals surface area contributed by atoms with Gasteiger partial charge in [-0.2, -0.15) is 0 Å². The minimum absolute atomic E-state index is 0.0735. The molecule has 0 aromatic rings. The third kappa shape index (κ3) is 4.32. The molecule has 98 valence electrons. The molecular formula is C11H22N4O2. The molecule has 1 saturated carbocycles. The molecule has 6 N–H and O–H groups in total. The minimum atomic E-state index is -0.437. The van der Waals surface area contributed by atoms with Crippen LogP contribution in [-0.4, -0.2) is 42.4 Å². The fraction of sp³-hybridized carbons (Fsp3) is 0.818. The van der Waals surface area contributed by atoms with Crippen LogP contribution in [0.5, 0.6) is 0 Å². The summed E-state index contributed by atoms with van der Waals surface area (Å²) in [5.41, 5.74) is 16.1. The Hall–Kier alpha value is -1.14. The van der Waals surface area contributed by atoms with Gasteiger partial charge in [0, 0.05) is 6.04 Å². The number of amides is 2. The molecule has 0 heterocycles. The van der Waals surface area contributed by atoms with E-state index in [1.165, 1.54) is 0 Å². The van der Waals surface area contributed by atoms with Crippen LogP contribution in [-0.2, 0) is 9.59 Å². The van der Waals surface area contributed by atoms with E-state index in [1.54, 1.807) is 4.90 Å². The van der Waals surface area contributed by atoms with Crippen LogP contribution in [0.1, 0.15) is 25.7 Å². The standard InChI is InChI=1S/C11H22N4O2/c12-5-8-3-1-2-4-9(8)15(6-10(13)16)7-11(14)17/h8-9H,1-7,12H2,(H2,13,16)(H2,14,17). The smallest absolute Gasteiger partial charge is 0.231 e. The number of primary amides is 2. The first-order valence-corrected chi connectivity index (χ1v) is 6.05. The number of nitrogens with zero attached hydrogens (tertiary/aromatic N) is 1. The van der Waals surface area contributed by atoms with Crippen LogP contribution in [0.3, 0.4) is 0 Å². The average Bonchev–Trinajstić information content (AvgIpc) is 2.27. The monoisotopic (exact) mass is 242 g/mol. The number of hydrogen-bond donors (Lipinski definition) is 3. The minimum Gasteiger partial charge on any atom is -0.369 e. The molecule has 0 bridgehead atoms. The highest BCUT2D eigenvalue weighted by atomic mass is 16.2. The molecule has 1 rings (SSSR count). The highest BCUT2D eigenvalue weighted by molar-refractivity contribution is 5.79. The number of rotatable bonds is 6. The summed E-state index contributed by atoms with van der Waals surface area (Å²) in [6.45, 7) is 0.715. The summed E-state index contributed by atoms with van der Waals surface area (Å²) in [4.78, 5) is 23.8. The molecule has 0 aromatic carbocycles. The van der Waals surface area contributed by atoms with Crippen molar-refractivity contribution in [2.45, 2.75) is 31.7 Å². The second kappa shape index (κ2) is 6.56. The molecule has 1 fully saturated rings.